The van der Waals surface area contributed by atoms with Crippen LogP contribution in [0, 0.1) is 22.0 Å². The maximum Gasteiger partial charge on any atom is 0.416 e. The average molecular weight is 323 g/mol. The summed E-state index contributed by atoms with van der Waals surface area (Å²) < 4.78 is 43.0. The molecule has 1 aromatic carbocycles. The molecule has 0 aromatic heterocycles. The van der Waals surface area contributed by atoms with Crippen LogP contribution in [-0.2, 0) is 6.18 Å². The van der Waals surface area contributed by atoms with Crippen molar-refractivity contribution < 1.29 is 22.8 Å². The first-order valence-corrected chi connectivity index (χ1v) is 6.89. The minimum absolute atomic E-state index is 0.0511. The summed E-state index contributed by atoms with van der Waals surface area (Å²) >= 11 is 4.16. The monoisotopic (exact) mass is 323 g/mol. The third-order valence-corrected chi connectivity index (χ3v) is 3.58. The van der Waals surface area contributed by atoms with Crippen molar-refractivity contribution in [2.75, 3.05) is 12.4 Å². The van der Waals surface area contributed by atoms with Crippen LogP contribution in [0.4, 0.5) is 18.9 Å². The van der Waals surface area contributed by atoms with Gasteiger partial charge in [0.15, 0.2) is 5.75 Å². The Hall–Kier alpha value is -1.44. The predicted molar refractivity (Wildman–Crippen MR) is 75.8 cm³/mol. The van der Waals surface area contributed by atoms with Crippen LogP contribution in [0.15, 0.2) is 18.2 Å². The summed E-state index contributed by atoms with van der Waals surface area (Å²) in [5.41, 5.74) is -1.76. The molecule has 8 heteroatoms. The Kier molecular flexibility index (Phi) is 5.88. The molecule has 0 radical (unpaired) electrons. The Labute approximate surface area is 125 Å². The number of nitrogens with zero attached hydrogens (tertiary/aromatic N) is 1. The van der Waals surface area contributed by atoms with Crippen molar-refractivity contribution >= 4 is 18.3 Å². The molecule has 0 amide bonds. The van der Waals surface area contributed by atoms with Crippen LogP contribution >= 0.6 is 12.6 Å². The molecule has 0 aliphatic heterocycles. The molecular weight excluding hydrogens is 307 g/mol. The summed E-state index contributed by atoms with van der Waals surface area (Å²) in [4.78, 5) is 10.0. The van der Waals surface area contributed by atoms with Gasteiger partial charge in [-0.1, -0.05) is 13.8 Å². The number of nitro benzene ring substituents is 1. The molecule has 0 N–H and O–H groups in total. The lowest BCUT2D eigenvalue weighted by atomic mass is 9.99. The Bertz CT molecular complexity index is 506. The normalized spacial score (nSPS) is 13.3. The molecule has 0 aliphatic carbocycles. The van der Waals surface area contributed by atoms with E-state index in [1.807, 2.05) is 13.8 Å². The highest BCUT2D eigenvalue weighted by molar-refractivity contribution is 7.80. The Morgan fingerprint density at radius 1 is 1.38 bits per heavy atom. The van der Waals surface area contributed by atoms with Crippen molar-refractivity contribution in [1.29, 1.82) is 0 Å². The third kappa shape index (κ3) is 4.80. The predicted octanol–water partition coefficient (Wildman–Crippen LogP) is 4.19. The minimum Gasteiger partial charge on any atom is -0.486 e. The summed E-state index contributed by atoms with van der Waals surface area (Å²) in [7, 11) is 0. The van der Waals surface area contributed by atoms with Crippen LogP contribution in [0.2, 0.25) is 0 Å². The van der Waals surface area contributed by atoms with Gasteiger partial charge in [-0.25, -0.2) is 0 Å². The van der Waals surface area contributed by atoms with E-state index in [0.717, 1.165) is 12.1 Å². The van der Waals surface area contributed by atoms with Crippen molar-refractivity contribution in [3.63, 3.8) is 0 Å². The van der Waals surface area contributed by atoms with E-state index in [9.17, 15) is 23.3 Å². The number of ether oxygens (including phenoxy) is 1. The molecule has 4 nitrogen and oxygen atoms in total. The van der Waals surface area contributed by atoms with Gasteiger partial charge in [-0.15, -0.1) is 0 Å². The Morgan fingerprint density at radius 3 is 2.43 bits per heavy atom. The molecule has 21 heavy (non-hydrogen) atoms. The molecule has 1 atom stereocenters. The average Bonchev–Trinajstić information content (AvgIpc) is 2.37. The van der Waals surface area contributed by atoms with E-state index in [2.05, 4.69) is 12.6 Å². The van der Waals surface area contributed by atoms with Crippen LogP contribution in [0.25, 0.3) is 0 Å². The number of thiol groups is 1. The van der Waals surface area contributed by atoms with Gasteiger partial charge in [0.2, 0.25) is 0 Å². The lowest BCUT2D eigenvalue weighted by Crippen LogP contribution is -2.20. The highest BCUT2D eigenvalue weighted by Crippen LogP contribution is 2.36. The molecule has 0 saturated carbocycles. The zero-order chi connectivity index (χ0) is 16.2. The van der Waals surface area contributed by atoms with Crippen molar-refractivity contribution in [3.05, 3.63) is 33.9 Å². The van der Waals surface area contributed by atoms with Crippen molar-refractivity contribution in [3.8, 4) is 5.75 Å². The van der Waals surface area contributed by atoms with Gasteiger partial charge in [-0.3, -0.25) is 10.1 Å². The molecule has 118 valence electrons. The fourth-order valence-corrected chi connectivity index (χ4v) is 2.14. The van der Waals surface area contributed by atoms with E-state index in [0.29, 0.717) is 11.8 Å². The van der Waals surface area contributed by atoms with Gasteiger partial charge in [-0.2, -0.15) is 25.8 Å². The molecule has 0 bridgehead atoms. The van der Waals surface area contributed by atoms with Gasteiger partial charge in [0.1, 0.15) is 0 Å². The molecule has 0 heterocycles. The summed E-state index contributed by atoms with van der Waals surface area (Å²) in [5.74, 6) is 0.651. The van der Waals surface area contributed by atoms with Gasteiger partial charge >= 0.3 is 11.9 Å². The molecule has 1 rings (SSSR count). The van der Waals surface area contributed by atoms with E-state index < -0.39 is 22.4 Å². The number of benzene rings is 1. The number of halogens is 3. The molecule has 0 saturated heterocycles. The second-order valence-electron chi connectivity index (χ2n) is 4.94. The largest absolute Gasteiger partial charge is 0.486 e. The minimum atomic E-state index is -4.63. The first-order chi connectivity index (χ1) is 9.66. The smallest absolute Gasteiger partial charge is 0.416 e. The molecule has 1 aromatic rings. The van der Waals surface area contributed by atoms with E-state index in [4.69, 9.17) is 4.74 Å². The first kappa shape index (κ1) is 17.6. The fourth-order valence-electron chi connectivity index (χ4n) is 1.61. The van der Waals surface area contributed by atoms with Gasteiger partial charge in [-0.05, 0) is 23.8 Å². The van der Waals surface area contributed by atoms with Gasteiger partial charge < -0.3 is 4.74 Å². The zero-order valence-corrected chi connectivity index (χ0v) is 12.4. The van der Waals surface area contributed by atoms with Crippen molar-refractivity contribution in [2.24, 2.45) is 11.8 Å². The zero-order valence-electron chi connectivity index (χ0n) is 11.6. The SMILES string of the molecule is CC(C)C(CS)COc1ccc(C(F)(F)F)cc1[N+](=O)[O-]. The molecule has 0 fully saturated rings. The molecule has 1 unspecified atom stereocenters. The summed E-state index contributed by atoms with van der Waals surface area (Å²) in [6, 6.07) is 2.24. The van der Waals surface area contributed by atoms with Crippen LogP contribution in [-0.4, -0.2) is 17.3 Å². The van der Waals surface area contributed by atoms with Crippen LogP contribution in [0.1, 0.15) is 19.4 Å². The number of hydrogen-bond acceptors (Lipinski definition) is 4. The van der Waals surface area contributed by atoms with E-state index in [1.165, 1.54) is 0 Å². The highest BCUT2D eigenvalue weighted by Gasteiger charge is 2.33. The second kappa shape index (κ2) is 7.02. The number of alkyl halides is 3. The van der Waals surface area contributed by atoms with Crippen LogP contribution < -0.4 is 4.74 Å². The number of hydrogen-bond donors (Lipinski definition) is 1. The maximum atomic E-state index is 12.6. The van der Waals surface area contributed by atoms with Gasteiger partial charge in [0.25, 0.3) is 0 Å². The third-order valence-electron chi connectivity index (χ3n) is 3.11. The Balaban J connectivity index is 3.00. The van der Waals surface area contributed by atoms with Crippen molar-refractivity contribution in [1.82, 2.24) is 0 Å². The van der Waals surface area contributed by atoms with Gasteiger partial charge in [0, 0.05) is 12.0 Å². The fraction of sp³-hybridized carbons (Fsp3) is 0.538. The van der Waals surface area contributed by atoms with E-state index in [1.54, 1.807) is 0 Å². The van der Waals surface area contributed by atoms with Crippen LogP contribution in [0.3, 0.4) is 0 Å². The number of rotatable bonds is 6. The summed E-state index contributed by atoms with van der Waals surface area (Å²) in [6.45, 7) is 4.06. The van der Waals surface area contributed by atoms with Gasteiger partial charge in [0.05, 0.1) is 17.1 Å². The van der Waals surface area contributed by atoms with E-state index >= 15 is 0 Å². The molecule has 0 aliphatic rings. The molecule has 0 spiro atoms. The number of nitro groups is 1. The lowest BCUT2D eigenvalue weighted by Gasteiger charge is -2.19. The Morgan fingerprint density at radius 2 is 2.00 bits per heavy atom. The quantitative estimate of drug-likeness (QED) is 0.485. The van der Waals surface area contributed by atoms with Crippen LogP contribution in [0.5, 0.6) is 5.75 Å². The highest BCUT2D eigenvalue weighted by atomic mass is 32.1. The van der Waals surface area contributed by atoms with E-state index in [-0.39, 0.29) is 24.2 Å². The lowest BCUT2D eigenvalue weighted by molar-refractivity contribution is -0.386. The topological polar surface area (TPSA) is 52.4 Å². The summed E-state index contributed by atoms with van der Waals surface area (Å²) in [6.07, 6.45) is -4.63. The maximum absolute atomic E-state index is 12.6. The standard InChI is InChI=1S/C13H16F3NO3S/c1-8(2)9(7-21)6-20-12-4-3-10(13(14,15)16)5-11(12)17(18)19/h3-5,8-9,21H,6-7H2,1-2H3. The first-order valence-electron chi connectivity index (χ1n) is 6.26. The van der Waals surface area contributed by atoms with Crippen molar-refractivity contribution in [2.45, 2.75) is 20.0 Å². The second-order valence-corrected chi connectivity index (χ2v) is 5.30. The molecular formula is C13H16F3NO3S. The summed E-state index contributed by atoms with van der Waals surface area (Å²) in [5, 5.41) is 10.9.